The molecule has 1 heterocycles. The van der Waals surface area contributed by atoms with Crippen LogP contribution in [-0.4, -0.2) is 22.0 Å². The van der Waals surface area contributed by atoms with Crippen molar-refractivity contribution in [3.8, 4) is 0 Å². The molecule has 0 spiro atoms. The molecule has 1 aromatic heterocycles. The van der Waals surface area contributed by atoms with Crippen molar-refractivity contribution in [3.05, 3.63) is 52.3 Å². The molecule has 2 rings (SSSR count). The number of rotatable bonds is 3. The minimum Gasteiger partial charge on any atom is -0.478 e. The van der Waals surface area contributed by atoms with E-state index in [0.717, 1.165) is 0 Å². The summed E-state index contributed by atoms with van der Waals surface area (Å²) in [5.41, 5.74) is 6.07. The van der Waals surface area contributed by atoms with E-state index in [4.69, 9.17) is 10.8 Å². The first-order valence-corrected chi connectivity index (χ1v) is 6.33. The number of aromatic carboxylic acids is 1. The Hall–Kier alpha value is -2.41. The van der Waals surface area contributed by atoms with Gasteiger partial charge in [-0.3, -0.25) is 4.79 Å². The van der Waals surface area contributed by atoms with Crippen LogP contribution in [0.15, 0.2) is 41.0 Å². The molecular weight excluding hydrogens is 326 g/mol. The second-order valence-corrected chi connectivity index (χ2v) is 4.81. The zero-order valence-corrected chi connectivity index (χ0v) is 11.7. The van der Waals surface area contributed by atoms with Crippen LogP contribution in [0.5, 0.6) is 0 Å². The maximum atomic E-state index is 12.1. The fourth-order valence-corrected chi connectivity index (χ4v) is 1.96. The van der Waals surface area contributed by atoms with Crippen LogP contribution in [0.4, 0.5) is 11.4 Å². The summed E-state index contributed by atoms with van der Waals surface area (Å²) in [7, 11) is 0. The number of nitrogens with two attached hydrogens (primary N) is 1. The molecular formula is C13H10BrN3O3. The summed E-state index contributed by atoms with van der Waals surface area (Å²) >= 11 is 3.22. The second kappa shape index (κ2) is 5.70. The third-order valence-corrected chi connectivity index (χ3v) is 3.01. The van der Waals surface area contributed by atoms with Crippen molar-refractivity contribution in [3.63, 3.8) is 0 Å². The molecule has 0 radical (unpaired) electrons. The van der Waals surface area contributed by atoms with Crippen molar-refractivity contribution in [1.29, 1.82) is 0 Å². The smallest absolute Gasteiger partial charge is 0.337 e. The van der Waals surface area contributed by atoms with Gasteiger partial charge in [-0.15, -0.1) is 0 Å². The highest BCUT2D eigenvalue weighted by Crippen LogP contribution is 2.22. The number of aromatic nitrogens is 1. The Morgan fingerprint density at radius 1 is 1.30 bits per heavy atom. The van der Waals surface area contributed by atoms with E-state index in [1.165, 1.54) is 18.3 Å². The minimum absolute atomic E-state index is 0.0175. The van der Waals surface area contributed by atoms with Crippen LogP contribution in [0.25, 0.3) is 0 Å². The van der Waals surface area contributed by atoms with Crippen molar-refractivity contribution in [1.82, 2.24) is 4.98 Å². The lowest BCUT2D eigenvalue weighted by atomic mass is 10.1. The number of carboxylic acid groups (broad SMARTS) is 1. The van der Waals surface area contributed by atoms with Gasteiger partial charge in [0.15, 0.2) is 5.69 Å². The largest absolute Gasteiger partial charge is 0.478 e. The first-order chi connectivity index (χ1) is 9.49. The number of nitrogen functional groups attached to an aromatic ring is 1. The van der Waals surface area contributed by atoms with Crippen molar-refractivity contribution in [2.24, 2.45) is 0 Å². The van der Waals surface area contributed by atoms with Crippen LogP contribution in [0.3, 0.4) is 0 Å². The fourth-order valence-electron chi connectivity index (χ4n) is 1.60. The van der Waals surface area contributed by atoms with Gasteiger partial charge >= 0.3 is 5.97 Å². The fraction of sp³-hybridized carbons (Fsp3) is 0. The van der Waals surface area contributed by atoms with E-state index in [1.54, 1.807) is 18.2 Å². The van der Waals surface area contributed by atoms with Gasteiger partial charge in [-0.25, -0.2) is 9.78 Å². The molecule has 0 aliphatic heterocycles. The third kappa shape index (κ3) is 2.94. The summed E-state index contributed by atoms with van der Waals surface area (Å²) < 4.78 is 0.645. The van der Waals surface area contributed by atoms with Crippen LogP contribution in [0.2, 0.25) is 0 Å². The standard InChI is InChI=1S/C13H10BrN3O3/c14-7-3-4-8(13(19)20)10(6-7)17-12(18)11-9(15)2-1-5-16-11/h1-6H,15H2,(H,17,18)(H,19,20). The average molecular weight is 336 g/mol. The molecule has 0 unspecified atom stereocenters. The monoisotopic (exact) mass is 335 g/mol. The maximum absolute atomic E-state index is 12.1. The van der Waals surface area contributed by atoms with Crippen LogP contribution in [0, 0.1) is 0 Å². The van der Waals surface area contributed by atoms with Crippen molar-refractivity contribution < 1.29 is 14.7 Å². The van der Waals surface area contributed by atoms with E-state index in [-0.39, 0.29) is 22.6 Å². The van der Waals surface area contributed by atoms with E-state index in [2.05, 4.69) is 26.2 Å². The van der Waals surface area contributed by atoms with E-state index in [0.29, 0.717) is 4.47 Å². The summed E-state index contributed by atoms with van der Waals surface area (Å²) in [6.07, 6.45) is 1.43. The van der Waals surface area contributed by atoms with Gasteiger partial charge in [-0.2, -0.15) is 0 Å². The second-order valence-electron chi connectivity index (χ2n) is 3.89. The van der Waals surface area contributed by atoms with Crippen molar-refractivity contribution in [2.75, 3.05) is 11.1 Å². The quantitative estimate of drug-likeness (QED) is 0.798. The van der Waals surface area contributed by atoms with Crippen LogP contribution in [0.1, 0.15) is 20.8 Å². The number of anilines is 2. The first-order valence-electron chi connectivity index (χ1n) is 5.53. The highest BCUT2D eigenvalue weighted by molar-refractivity contribution is 9.10. The Morgan fingerprint density at radius 2 is 2.05 bits per heavy atom. The van der Waals surface area contributed by atoms with Gasteiger partial charge < -0.3 is 16.2 Å². The first kappa shape index (κ1) is 14.0. The predicted molar refractivity (Wildman–Crippen MR) is 77.7 cm³/mol. The molecule has 0 fully saturated rings. The zero-order chi connectivity index (χ0) is 14.7. The van der Waals surface area contributed by atoms with Gasteiger partial charge in [0.05, 0.1) is 16.9 Å². The Kier molecular flexibility index (Phi) is 3.99. The minimum atomic E-state index is -1.14. The van der Waals surface area contributed by atoms with Crippen LogP contribution < -0.4 is 11.1 Å². The molecule has 0 aliphatic carbocycles. The number of carbonyl (C=O) groups excluding carboxylic acids is 1. The summed E-state index contributed by atoms with van der Waals surface area (Å²) in [5, 5.41) is 11.6. The summed E-state index contributed by atoms with van der Waals surface area (Å²) in [6.45, 7) is 0. The van der Waals surface area contributed by atoms with Crippen molar-refractivity contribution >= 4 is 39.2 Å². The lowest BCUT2D eigenvalue weighted by Gasteiger charge is -2.09. The van der Waals surface area contributed by atoms with E-state index in [9.17, 15) is 9.59 Å². The molecule has 2 aromatic rings. The van der Waals surface area contributed by atoms with Gasteiger partial charge in [0, 0.05) is 10.7 Å². The Bertz CT molecular complexity index is 688. The summed E-state index contributed by atoms with van der Waals surface area (Å²) in [4.78, 5) is 27.0. The van der Waals surface area contributed by atoms with E-state index >= 15 is 0 Å². The van der Waals surface area contributed by atoms with Gasteiger partial charge in [0.1, 0.15) is 0 Å². The topological polar surface area (TPSA) is 105 Å². The Morgan fingerprint density at radius 3 is 2.70 bits per heavy atom. The molecule has 1 aromatic carbocycles. The molecule has 0 aliphatic rings. The lowest BCUT2D eigenvalue weighted by molar-refractivity contribution is 0.0698. The SMILES string of the molecule is Nc1cccnc1C(=O)Nc1cc(Br)ccc1C(=O)O. The predicted octanol–water partition coefficient (Wildman–Crippen LogP) is 2.38. The number of carboxylic acids is 1. The number of halogens is 1. The molecule has 7 heteroatoms. The molecule has 20 heavy (non-hydrogen) atoms. The number of hydrogen-bond acceptors (Lipinski definition) is 4. The van der Waals surface area contributed by atoms with Gasteiger partial charge in [0.2, 0.25) is 0 Å². The summed E-state index contributed by atoms with van der Waals surface area (Å²) in [5.74, 6) is -1.70. The van der Waals surface area contributed by atoms with Gasteiger partial charge in [-0.05, 0) is 30.3 Å². The number of amides is 1. The molecule has 0 saturated carbocycles. The maximum Gasteiger partial charge on any atom is 0.337 e. The van der Waals surface area contributed by atoms with Gasteiger partial charge in [-0.1, -0.05) is 15.9 Å². The van der Waals surface area contributed by atoms with Crippen LogP contribution in [-0.2, 0) is 0 Å². The van der Waals surface area contributed by atoms with Gasteiger partial charge in [0.25, 0.3) is 5.91 Å². The highest BCUT2D eigenvalue weighted by atomic mass is 79.9. The normalized spacial score (nSPS) is 10.1. The number of benzene rings is 1. The summed E-state index contributed by atoms with van der Waals surface area (Å²) in [6, 6.07) is 7.62. The average Bonchev–Trinajstić information content (AvgIpc) is 2.38. The highest BCUT2D eigenvalue weighted by Gasteiger charge is 2.16. The Labute approximate surface area is 122 Å². The van der Waals surface area contributed by atoms with Crippen LogP contribution >= 0.6 is 15.9 Å². The Balaban J connectivity index is 2.35. The number of pyridine rings is 1. The molecule has 0 bridgehead atoms. The molecule has 0 atom stereocenters. The number of nitrogens with one attached hydrogen (secondary N) is 1. The lowest BCUT2D eigenvalue weighted by Crippen LogP contribution is -2.17. The zero-order valence-electron chi connectivity index (χ0n) is 10.1. The van der Waals surface area contributed by atoms with E-state index in [1.807, 2.05) is 0 Å². The molecule has 1 amide bonds. The number of nitrogens with zero attached hydrogens (tertiary/aromatic N) is 1. The third-order valence-electron chi connectivity index (χ3n) is 2.51. The number of hydrogen-bond donors (Lipinski definition) is 3. The van der Waals surface area contributed by atoms with Crippen molar-refractivity contribution in [2.45, 2.75) is 0 Å². The molecule has 4 N–H and O–H groups in total. The molecule has 0 saturated heterocycles. The molecule has 102 valence electrons. The van der Waals surface area contributed by atoms with E-state index < -0.39 is 11.9 Å². The number of carbonyl (C=O) groups is 2. The molecule has 6 nitrogen and oxygen atoms in total.